The maximum absolute atomic E-state index is 15.3. The molecule has 1 amide bonds. The Labute approximate surface area is 219 Å². The number of aromatic nitrogens is 5. The summed E-state index contributed by atoms with van der Waals surface area (Å²) in [6, 6.07) is 0.0570. The number of carbonyl (C=O) groups is 1. The zero-order chi connectivity index (χ0) is 25.7. The highest BCUT2D eigenvalue weighted by Crippen LogP contribution is 2.40. The summed E-state index contributed by atoms with van der Waals surface area (Å²) >= 11 is 6.05. The van der Waals surface area contributed by atoms with Crippen molar-refractivity contribution in [2.45, 2.75) is 50.7 Å². The lowest BCUT2D eigenvalue weighted by molar-refractivity contribution is 0.0821. The molecule has 12 heteroatoms. The highest BCUT2D eigenvalue weighted by Gasteiger charge is 2.45. The number of aryl methyl sites for hydroxylation is 1. The van der Waals surface area contributed by atoms with Crippen molar-refractivity contribution in [1.82, 2.24) is 39.8 Å². The Kier molecular flexibility index (Phi) is 6.24. The molecule has 3 aliphatic rings. The Hall–Kier alpha value is -2.89. The second-order valence-corrected chi connectivity index (χ2v) is 10.7. The van der Waals surface area contributed by atoms with E-state index in [1.165, 1.54) is 11.1 Å². The zero-order valence-electron chi connectivity index (χ0n) is 21.1. The predicted molar refractivity (Wildman–Crippen MR) is 136 cm³/mol. The number of hydrogen-bond acceptors (Lipinski definition) is 8. The van der Waals surface area contributed by atoms with Gasteiger partial charge >= 0.3 is 6.01 Å². The van der Waals surface area contributed by atoms with Crippen LogP contribution < -0.4 is 10.1 Å². The van der Waals surface area contributed by atoms with E-state index < -0.39 is 5.82 Å². The highest BCUT2D eigenvalue weighted by molar-refractivity contribution is 6.30. The Morgan fingerprint density at radius 1 is 1.22 bits per heavy atom. The SMILES string of the molecule is CN(C)C(=O)c1nn2c(c1-c1nc(OCC34CCCN3CCC4)nc3c(F)c(Cl)ncc13)CNCCC2. The van der Waals surface area contributed by atoms with Crippen molar-refractivity contribution in [3.63, 3.8) is 0 Å². The summed E-state index contributed by atoms with van der Waals surface area (Å²) in [7, 11) is 3.35. The molecule has 0 saturated carbocycles. The first-order valence-electron chi connectivity index (χ1n) is 12.8. The number of ether oxygens (including phenoxy) is 1. The minimum Gasteiger partial charge on any atom is -0.461 e. The van der Waals surface area contributed by atoms with Crippen molar-refractivity contribution in [1.29, 1.82) is 0 Å². The van der Waals surface area contributed by atoms with Gasteiger partial charge in [0.2, 0.25) is 0 Å². The van der Waals surface area contributed by atoms with E-state index in [2.05, 4.69) is 25.3 Å². The van der Waals surface area contributed by atoms with Crippen LogP contribution in [0.15, 0.2) is 6.20 Å². The molecule has 0 atom stereocenters. The highest BCUT2D eigenvalue weighted by atomic mass is 35.5. The lowest BCUT2D eigenvalue weighted by atomic mass is 9.95. The van der Waals surface area contributed by atoms with Crippen LogP contribution in [0.3, 0.4) is 0 Å². The second-order valence-electron chi connectivity index (χ2n) is 10.3. The van der Waals surface area contributed by atoms with E-state index >= 15 is 4.39 Å². The van der Waals surface area contributed by atoms with Crippen LogP contribution in [0.1, 0.15) is 48.3 Å². The fourth-order valence-corrected chi connectivity index (χ4v) is 6.10. The Bertz CT molecular complexity index is 1370. The number of carbonyl (C=O) groups excluding carboxylic acids is 1. The van der Waals surface area contributed by atoms with Crippen LogP contribution in [0.2, 0.25) is 5.15 Å². The van der Waals surface area contributed by atoms with Crippen LogP contribution in [0, 0.1) is 5.82 Å². The summed E-state index contributed by atoms with van der Waals surface area (Å²) in [5.74, 6) is -1.01. The lowest BCUT2D eigenvalue weighted by Crippen LogP contribution is -2.43. The lowest BCUT2D eigenvalue weighted by Gasteiger charge is -2.31. The topological polar surface area (TPSA) is 101 Å². The predicted octanol–water partition coefficient (Wildman–Crippen LogP) is 2.88. The Morgan fingerprint density at radius 2 is 2.00 bits per heavy atom. The number of amides is 1. The van der Waals surface area contributed by atoms with Gasteiger partial charge in [-0.1, -0.05) is 11.6 Å². The number of fused-ring (bicyclic) bond motifs is 3. The quantitative estimate of drug-likeness (QED) is 0.504. The summed E-state index contributed by atoms with van der Waals surface area (Å²) in [6.07, 6.45) is 6.70. The number of nitrogens with one attached hydrogen (secondary N) is 1. The van der Waals surface area contributed by atoms with Crippen LogP contribution in [0.25, 0.3) is 22.2 Å². The molecule has 0 aliphatic carbocycles. The van der Waals surface area contributed by atoms with Gasteiger partial charge in [0, 0.05) is 38.8 Å². The van der Waals surface area contributed by atoms with Gasteiger partial charge in [-0.25, -0.2) is 9.37 Å². The van der Waals surface area contributed by atoms with Crippen molar-refractivity contribution >= 4 is 28.4 Å². The third-order valence-corrected chi connectivity index (χ3v) is 8.08. The van der Waals surface area contributed by atoms with Gasteiger partial charge in [-0.05, 0) is 51.7 Å². The van der Waals surface area contributed by atoms with Gasteiger partial charge < -0.3 is 15.0 Å². The molecular formula is C25H30ClFN8O2. The summed E-state index contributed by atoms with van der Waals surface area (Å²) in [5.41, 5.74) is 1.94. The van der Waals surface area contributed by atoms with Gasteiger partial charge in [0.1, 0.15) is 12.1 Å². The molecule has 196 valence electrons. The number of rotatable bonds is 5. The molecule has 1 N–H and O–H groups in total. The summed E-state index contributed by atoms with van der Waals surface area (Å²) in [5, 5.41) is 8.13. The first kappa shape index (κ1) is 24.4. The van der Waals surface area contributed by atoms with E-state index in [-0.39, 0.29) is 33.8 Å². The van der Waals surface area contributed by atoms with Crippen molar-refractivity contribution in [3.8, 4) is 17.3 Å². The van der Waals surface area contributed by atoms with E-state index in [1.54, 1.807) is 14.1 Å². The average molecular weight is 529 g/mol. The molecule has 0 bridgehead atoms. The molecule has 2 fully saturated rings. The van der Waals surface area contributed by atoms with E-state index in [9.17, 15) is 4.79 Å². The van der Waals surface area contributed by atoms with Gasteiger partial charge in [-0.3, -0.25) is 14.4 Å². The molecular weight excluding hydrogens is 499 g/mol. The monoisotopic (exact) mass is 528 g/mol. The summed E-state index contributed by atoms with van der Waals surface area (Å²) in [4.78, 5) is 30.4. The van der Waals surface area contributed by atoms with E-state index in [0.29, 0.717) is 36.3 Å². The molecule has 0 spiro atoms. The molecule has 6 rings (SSSR count). The largest absolute Gasteiger partial charge is 0.461 e. The fourth-order valence-electron chi connectivity index (χ4n) is 5.96. The van der Waals surface area contributed by atoms with Crippen LogP contribution in [-0.4, -0.2) is 86.3 Å². The molecule has 6 heterocycles. The first-order chi connectivity index (χ1) is 17.9. The smallest absolute Gasteiger partial charge is 0.317 e. The Balaban J connectivity index is 1.52. The molecule has 0 unspecified atom stereocenters. The van der Waals surface area contributed by atoms with Gasteiger partial charge in [0.15, 0.2) is 16.7 Å². The molecule has 10 nitrogen and oxygen atoms in total. The first-order valence-corrected chi connectivity index (χ1v) is 13.2. The average Bonchev–Trinajstić information content (AvgIpc) is 3.52. The maximum atomic E-state index is 15.3. The third kappa shape index (κ3) is 4.13. The van der Waals surface area contributed by atoms with Crippen LogP contribution in [0.5, 0.6) is 6.01 Å². The van der Waals surface area contributed by atoms with Gasteiger partial charge in [0.05, 0.1) is 22.5 Å². The minimum atomic E-state index is -0.744. The number of pyridine rings is 1. The molecule has 2 saturated heterocycles. The van der Waals surface area contributed by atoms with Gasteiger partial charge in [-0.2, -0.15) is 15.1 Å². The minimum absolute atomic E-state index is 0.0111. The van der Waals surface area contributed by atoms with Crippen LogP contribution >= 0.6 is 11.6 Å². The summed E-state index contributed by atoms with van der Waals surface area (Å²) < 4.78 is 23.4. The zero-order valence-corrected chi connectivity index (χ0v) is 21.8. The van der Waals surface area contributed by atoms with Crippen molar-refractivity contribution in [2.75, 3.05) is 40.3 Å². The maximum Gasteiger partial charge on any atom is 0.317 e. The van der Waals surface area contributed by atoms with E-state index in [1.807, 2.05) is 4.68 Å². The van der Waals surface area contributed by atoms with Crippen LogP contribution in [-0.2, 0) is 13.1 Å². The molecule has 3 aliphatic heterocycles. The molecule has 3 aromatic heterocycles. The van der Waals surface area contributed by atoms with Gasteiger partial charge in [-0.15, -0.1) is 0 Å². The van der Waals surface area contributed by atoms with E-state index in [4.69, 9.17) is 21.3 Å². The molecule has 0 radical (unpaired) electrons. The van der Waals surface area contributed by atoms with Crippen molar-refractivity contribution in [2.24, 2.45) is 0 Å². The standard InChI is InChI=1S/C25H30ClFN8O2/c1-33(2)23(36)21-17(16-13-28-8-5-11-35(16)32-21)19-15-12-29-22(26)18(27)20(15)31-24(30-19)37-14-25-6-3-9-34(25)10-4-7-25/h12,28H,3-11,13-14H2,1-2H3. The second kappa shape index (κ2) is 9.45. The van der Waals surface area contributed by atoms with Gasteiger partial charge in [0.25, 0.3) is 5.91 Å². The van der Waals surface area contributed by atoms with Crippen molar-refractivity contribution < 1.29 is 13.9 Å². The third-order valence-electron chi connectivity index (χ3n) is 7.82. The number of hydrogen-bond donors (Lipinski definition) is 1. The molecule has 0 aromatic carbocycles. The number of halogens is 2. The Morgan fingerprint density at radius 3 is 2.76 bits per heavy atom. The normalized spacial score (nSPS) is 19.0. The summed E-state index contributed by atoms with van der Waals surface area (Å²) in [6.45, 7) is 4.52. The van der Waals surface area contributed by atoms with Crippen LogP contribution in [0.4, 0.5) is 4.39 Å². The van der Waals surface area contributed by atoms with Crippen molar-refractivity contribution in [3.05, 3.63) is 28.6 Å². The fraction of sp³-hybridized carbons (Fsp3) is 0.560. The molecule has 3 aromatic rings. The molecule has 37 heavy (non-hydrogen) atoms. The van der Waals surface area contributed by atoms with E-state index in [0.717, 1.165) is 57.4 Å². The number of nitrogens with zero attached hydrogens (tertiary/aromatic N) is 7.